The molecule has 88 valence electrons. The number of hydrogen-bond acceptors (Lipinski definition) is 4. The SMILES string of the molecule is CCCNC(=S)Nc1sccc1C(=O)OC. The highest BCUT2D eigenvalue weighted by Gasteiger charge is 2.13. The van der Waals surface area contributed by atoms with Crippen LogP contribution in [0.15, 0.2) is 11.4 Å². The zero-order valence-electron chi connectivity index (χ0n) is 9.20. The fourth-order valence-electron chi connectivity index (χ4n) is 1.06. The maximum atomic E-state index is 11.4. The molecule has 0 amide bonds. The van der Waals surface area contributed by atoms with Gasteiger partial charge in [-0.15, -0.1) is 11.3 Å². The minimum Gasteiger partial charge on any atom is -0.465 e. The molecule has 1 aromatic heterocycles. The van der Waals surface area contributed by atoms with E-state index in [0.29, 0.717) is 15.7 Å². The van der Waals surface area contributed by atoms with Gasteiger partial charge in [0, 0.05) is 6.54 Å². The van der Waals surface area contributed by atoms with Gasteiger partial charge >= 0.3 is 5.97 Å². The summed E-state index contributed by atoms with van der Waals surface area (Å²) in [5, 5.41) is 9.06. The number of methoxy groups -OCH3 is 1. The monoisotopic (exact) mass is 258 g/mol. The number of anilines is 1. The topological polar surface area (TPSA) is 50.4 Å². The lowest BCUT2D eigenvalue weighted by atomic mass is 10.3. The fraction of sp³-hybridized carbons (Fsp3) is 0.400. The molecule has 1 rings (SSSR count). The van der Waals surface area contributed by atoms with Gasteiger partial charge in [0.05, 0.1) is 12.7 Å². The van der Waals surface area contributed by atoms with Gasteiger partial charge in [-0.2, -0.15) is 0 Å². The van der Waals surface area contributed by atoms with Crippen molar-refractivity contribution < 1.29 is 9.53 Å². The second kappa shape index (κ2) is 6.44. The van der Waals surface area contributed by atoms with Crippen molar-refractivity contribution in [2.45, 2.75) is 13.3 Å². The Bertz CT molecular complexity index is 377. The molecule has 0 bridgehead atoms. The first-order chi connectivity index (χ1) is 7.69. The van der Waals surface area contributed by atoms with E-state index in [0.717, 1.165) is 13.0 Å². The molecule has 0 atom stereocenters. The highest BCUT2D eigenvalue weighted by molar-refractivity contribution is 7.80. The van der Waals surface area contributed by atoms with Crippen molar-refractivity contribution in [2.24, 2.45) is 0 Å². The van der Waals surface area contributed by atoms with Gasteiger partial charge < -0.3 is 15.4 Å². The van der Waals surface area contributed by atoms with Crippen LogP contribution >= 0.6 is 23.6 Å². The predicted octanol–water partition coefficient (Wildman–Crippen LogP) is 2.23. The number of carbonyl (C=O) groups is 1. The van der Waals surface area contributed by atoms with E-state index in [1.807, 2.05) is 5.38 Å². The molecule has 0 aliphatic carbocycles. The minimum atomic E-state index is -0.359. The molecule has 1 aromatic rings. The number of carbonyl (C=O) groups excluding carboxylic acids is 1. The van der Waals surface area contributed by atoms with E-state index < -0.39 is 0 Å². The lowest BCUT2D eigenvalue weighted by Crippen LogP contribution is -2.29. The van der Waals surface area contributed by atoms with Gasteiger partial charge in [-0.25, -0.2) is 4.79 Å². The summed E-state index contributed by atoms with van der Waals surface area (Å²) in [5.74, 6) is -0.359. The molecule has 0 radical (unpaired) electrons. The third-order valence-electron chi connectivity index (χ3n) is 1.83. The average molecular weight is 258 g/mol. The lowest BCUT2D eigenvalue weighted by Gasteiger charge is -2.09. The van der Waals surface area contributed by atoms with Gasteiger partial charge in [-0.1, -0.05) is 6.92 Å². The van der Waals surface area contributed by atoms with E-state index in [9.17, 15) is 4.79 Å². The standard InChI is InChI=1S/C10H14N2O2S2/c1-3-5-11-10(15)12-8-7(4-6-16-8)9(13)14-2/h4,6H,3,5H2,1-2H3,(H2,11,12,15). The molecule has 0 saturated carbocycles. The first-order valence-electron chi connectivity index (χ1n) is 4.89. The van der Waals surface area contributed by atoms with E-state index in [1.54, 1.807) is 6.07 Å². The third kappa shape index (κ3) is 3.46. The summed E-state index contributed by atoms with van der Waals surface area (Å²) in [4.78, 5) is 11.4. The molecule has 0 saturated heterocycles. The van der Waals surface area contributed by atoms with Gasteiger partial charge in [0.2, 0.25) is 0 Å². The van der Waals surface area contributed by atoms with Crippen molar-refractivity contribution in [1.82, 2.24) is 5.32 Å². The Morgan fingerprint density at radius 3 is 3.00 bits per heavy atom. The summed E-state index contributed by atoms with van der Waals surface area (Å²) in [7, 11) is 1.36. The molecule has 16 heavy (non-hydrogen) atoms. The van der Waals surface area contributed by atoms with E-state index in [1.165, 1.54) is 18.4 Å². The van der Waals surface area contributed by atoms with Crippen molar-refractivity contribution >= 4 is 39.6 Å². The summed E-state index contributed by atoms with van der Waals surface area (Å²) in [5.41, 5.74) is 0.508. The van der Waals surface area contributed by atoms with E-state index in [4.69, 9.17) is 12.2 Å². The molecular weight excluding hydrogens is 244 g/mol. The summed E-state index contributed by atoms with van der Waals surface area (Å²) in [6.07, 6.45) is 0.996. The molecule has 0 unspecified atom stereocenters. The van der Waals surface area contributed by atoms with Crippen LogP contribution in [0.3, 0.4) is 0 Å². The fourth-order valence-corrected chi connectivity index (χ4v) is 2.11. The smallest absolute Gasteiger partial charge is 0.340 e. The number of thiocarbonyl (C=S) groups is 1. The molecule has 2 N–H and O–H groups in total. The molecular formula is C10H14N2O2S2. The Morgan fingerprint density at radius 2 is 2.38 bits per heavy atom. The molecule has 0 aliphatic rings. The summed E-state index contributed by atoms with van der Waals surface area (Å²) >= 11 is 6.50. The van der Waals surface area contributed by atoms with Crippen molar-refractivity contribution in [3.05, 3.63) is 17.0 Å². The lowest BCUT2D eigenvalue weighted by molar-refractivity contribution is 0.0602. The molecule has 4 nitrogen and oxygen atoms in total. The number of hydrogen-bond donors (Lipinski definition) is 2. The van der Waals surface area contributed by atoms with Crippen LogP contribution in [0.5, 0.6) is 0 Å². The normalized spacial score (nSPS) is 9.62. The van der Waals surface area contributed by atoms with Crippen molar-refractivity contribution in [3.63, 3.8) is 0 Å². The molecule has 0 spiro atoms. The third-order valence-corrected chi connectivity index (χ3v) is 2.91. The minimum absolute atomic E-state index is 0.359. The number of rotatable bonds is 4. The van der Waals surface area contributed by atoms with E-state index >= 15 is 0 Å². The zero-order chi connectivity index (χ0) is 12.0. The van der Waals surface area contributed by atoms with Crippen LogP contribution in [0.1, 0.15) is 23.7 Å². The summed E-state index contributed by atoms with van der Waals surface area (Å²) in [6.45, 7) is 2.87. The van der Waals surface area contributed by atoms with Crippen LogP contribution in [0.2, 0.25) is 0 Å². The maximum absolute atomic E-state index is 11.4. The highest BCUT2D eigenvalue weighted by Crippen LogP contribution is 2.23. The Morgan fingerprint density at radius 1 is 1.62 bits per heavy atom. The second-order valence-electron chi connectivity index (χ2n) is 3.04. The van der Waals surface area contributed by atoms with Crippen molar-refractivity contribution in [2.75, 3.05) is 19.0 Å². The second-order valence-corrected chi connectivity index (χ2v) is 4.36. The maximum Gasteiger partial charge on any atom is 0.340 e. The predicted molar refractivity (Wildman–Crippen MR) is 70.2 cm³/mol. The summed E-state index contributed by atoms with van der Waals surface area (Å²) in [6, 6.07) is 1.71. The van der Waals surface area contributed by atoms with Gasteiger partial charge in [0.1, 0.15) is 5.00 Å². The summed E-state index contributed by atoms with van der Waals surface area (Å²) < 4.78 is 4.66. The average Bonchev–Trinajstić information content (AvgIpc) is 2.73. The Balaban J connectivity index is 2.63. The van der Waals surface area contributed by atoms with Gasteiger partial charge in [-0.3, -0.25) is 0 Å². The van der Waals surface area contributed by atoms with Gasteiger partial charge in [-0.05, 0) is 30.1 Å². The van der Waals surface area contributed by atoms with Crippen LogP contribution < -0.4 is 10.6 Å². The molecule has 0 aromatic carbocycles. The first kappa shape index (κ1) is 12.9. The van der Waals surface area contributed by atoms with Gasteiger partial charge in [0.15, 0.2) is 5.11 Å². The van der Waals surface area contributed by atoms with E-state index in [-0.39, 0.29) is 5.97 Å². The quantitative estimate of drug-likeness (QED) is 0.640. The number of esters is 1. The highest BCUT2D eigenvalue weighted by atomic mass is 32.1. The Labute approximate surface area is 104 Å². The molecule has 0 aliphatic heterocycles. The van der Waals surface area contributed by atoms with Gasteiger partial charge in [0.25, 0.3) is 0 Å². The number of thiophene rings is 1. The van der Waals surface area contributed by atoms with Crippen molar-refractivity contribution in [3.8, 4) is 0 Å². The van der Waals surface area contributed by atoms with Crippen LogP contribution in [0.25, 0.3) is 0 Å². The number of nitrogens with one attached hydrogen (secondary N) is 2. The molecule has 0 fully saturated rings. The van der Waals surface area contributed by atoms with Crippen LogP contribution in [0, 0.1) is 0 Å². The number of ether oxygens (including phenoxy) is 1. The van der Waals surface area contributed by atoms with E-state index in [2.05, 4.69) is 22.3 Å². The first-order valence-corrected chi connectivity index (χ1v) is 6.18. The Kier molecular flexibility index (Phi) is 5.21. The van der Waals surface area contributed by atoms with Crippen LogP contribution in [0.4, 0.5) is 5.00 Å². The zero-order valence-corrected chi connectivity index (χ0v) is 10.8. The van der Waals surface area contributed by atoms with Crippen molar-refractivity contribution in [1.29, 1.82) is 0 Å². The van der Waals surface area contributed by atoms with Crippen LogP contribution in [-0.2, 0) is 4.74 Å². The Hall–Kier alpha value is -1.14. The van der Waals surface area contributed by atoms with Crippen LogP contribution in [-0.4, -0.2) is 24.7 Å². The molecule has 1 heterocycles. The molecule has 6 heteroatoms. The largest absolute Gasteiger partial charge is 0.465 e.